The van der Waals surface area contributed by atoms with E-state index in [4.69, 9.17) is 18.9 Å². The standard InChI is InChI=1S/C15H27NO5/c1-16(14(17)7-6-11-5-4-8-21-11)12-9-20-10-13(18-2)15(12)19-3/h11-13,15H,4-10H2,1-3H3/t11?,12-,13-,15+/m1/s1. The molecule has 1 amide bonds. The average Bonchev–Trinajstić information content (AvgIpc) is 3.04. The lowest BCUT2D eigenvalue weighted by Crippen LogP contribution is -2.57. The quantitative estimate of drug-likeness (QED) is 0.727. The van der Waals surface area contributed by atoms with Crippen molar-refractivity contribution < 1.29 is 23.7 Å². The smallest absolute Gasteiger partial charge is 0.222 e. The first-order valence-electron chi connectivity index (χ1n) is 7.68. The van der Waals surface area contributed by atoms with Crippen LogP contribution in [0.15, 0.2) is 0 Å². The number of hydrogen-bond donors (Lipinski definition) is 0. The van der Waals surface area contributed by atoms with Gasteiger partial charge in [-0.15, -0.1) is 0 Å². The monoisotopic (exact) mass is 301 g/mol. The number of carbonyl (C=O) groups excluding carboxylic acids is 1. The van der Waals surface area contributed by atoms with Gasteiger partial charge in [-0.3, -0.25) is 4.79 Å². The fourth-order valence-corrected chi connectivity index (χ4v) is 3.10. The maximum absolute atomic E-state index is 12.4. The maximum Gasteiger partial charge on any atom is 0.222 e. The molecule has 0 aromatic rings. The van der Waals surface area contributed by atoms with Gasteiger partial charge < -0.3 is 23.8 Å². The van der Waals surface area contributed by atoms with Crippen molar-refractivity contribution in [3.63, 3.8) is 0 Å². The van der Waals surface area contributed by atoms with Crippen LogP contribution in [-0.2, 0) is 23.7 Å². The molecule has 1 unspecified atom stereocenters. The van der Waals surface area contributed by atoms with E-state index < -0.39 is 0 Å². The van der Waals surface area contributed by atoms with E-state index in [0.29, 0.717) is 19.6 Å². The molecular formula is C15H27NO5. The molecule has 21 heavy (non-hydrogen) atoms. The van der Waals surface area contributed by atoms with Gasteiger partial charge in [0.2, 0.25) is 5.91 Å². The number of rotatable bonds is 6. The first kappa shape index (κ1) is 16.7. The van der Waals surface area contributed by atoms with Crippen molar-refractivity contribution in [2.45, 2.75) is 50.0 Å². The second-order valence-corrected chi connectivity index (χ2v) is 5.76. The van der Waals surface area contributed by atoms with Crippen molar-refractivity contribution in [2.24, 2.45) is 0 Å². The Balaban J connectivity index is 1.87. The van der Waals surface area contributed by atoms with E-state index in [2.05, 4.69) is 0 Å². The average molecular weight is 301 g/mol. The number of carbonyl (C=O) groups is 1. The molecule has 6 nitrogen and oxygen atoms in total. The molecule has 4 atom stereocenters. The van der Waals surface area contributed by atoms with E-state index in [1.807, 2.05) is 7.05 Å². The fraction of sp³-hybridized carbons (Fsp3) is 0.933. The predicted molar refractivity (Wildman–Crippen MR) is 77.2 cm³/mol. The summed E-state index contributed by atoms with van der Waals surface area (Å²) in [6.07, 6.45) is 3.42. The minimum absolute atomic E-state index is 0.106. The Hall–Kier alpha value is -0.690. The lowest BCUT2D eigenvalue weighted by atomic mass is 10.0. The van der Waals surface area contributed by atoms with Gasteiger partial charge in [0.25, 0.3) is 0 Å². The van der Waals surface area contributed by atoms with E-state index >= 15 is 0 Å². The van der Waals surface area contributed by atoms with E-state index in [0.717, 1.165) is 25.9 Å². The molecule has 0 radical (unpaired) electrons. The summed E-state index contributed by atoms with van der Waals surface area (Å²) in [4.78, 5) is 14.1. The summed E-state index contributed by atoms with van der Waals surface area (Å²) in [5.74, 6) is 0.109. The van der Waals surface area contributed by atoms with E-state index in [1.165, 1.54) is 0 Å². The molecule has 2 fully saturated rings. The first-order chi connectivity index (χ1) is 10.2. The molecule has 0 spiro atoms. The Kier molecular flexibility index (Phi) is 6.41. The Morgan fingerprint density at radius 1 is 1.29 bits per heavy atom. The summed E-state index contributed by atoms with van der Waals surface area (Å²) >= 11 is 0. The highest BCUT2D eigenvalue weighted by Gasteiger charge is 2.38. The molecule has 2 aliphatic heterocycles. The molecule has 0 N–H and O–H groups in total. The Bertz CT molecular complexity index is 332. The van der Waals surface area contributed by atoms with Gasteiger partial charge in [-0.2, -0.15) is 0 Å². The summed E-state index contributed by atoms with van der Waals surface area (Å²) < 4.78 is 22.0. The third kappa shape index (κ3) is 4.16. The zero-order chi connectivity index (χ0) is 15.2. The van der Waals surface area contributed by atoms with Crippen LogP contribution in [0.25, 0.3) is 0 Å². The lowest BCUT2D eigenvalue weighted by Gasteiger charge is -2.40. The summed E-state index contributed by atoms with van der Waals surface area (Å²) in [5, 5.41) is 0. The second kappa shape index (κ2) is 8.08. The van der Waals surface area contributed by atoms with Crippen LogP contribution >= 0.6 is 0 Å². The molecule has 0 aromatic heterocycles. The normalized spacial score (nSPS) is 33.1. The van der Waals surface area contributed by atoms with Gasteiger partial charge in [0, 0.05) is 34.3 Å². The van der Waals surface area contributed by atoms with Gasteiger partial charge in [0.05, 0.1) is 25.4 Å². The first-order valence-corrected chi connectivity index (χ1v) is 7.68. The van der Waals surface area contributed by atoms with Gasteiger partial charge in [-0.05, 0) is 19.3 Å². The number of hydrogen-bond acceptors (Lipinski definition) is 5. The van der Waals surface area contributed by atoms with Crippen LogP contribution in [-0.4, -0.2) is 76.2 Å². The SMILES string of the molecule is CO[C@H]1[C@H](N(C)C(=O)CCC2CCCO2)COC[C@H]1OC. The van der Waals surface area contributed by atoms with Crippen molar-refractivity contribution in [1.82, 2.24) is 4.90 Å². The van der Waals surface area contributed by atoms with Crippen LogP contribution in [0.2, 0.25) is 0 Å². The molecule has 0 aliphatic carbocycles. The minimum Gasteiger partial charge on any atom is -0.378 e. The van der Waals surface area contributed by atoms with Gasteiger partial charge in [0.1, 0.15) is 12.2 Å². The van der Waals surface area contributed by atoms with Crippen molar-refractivity contribution in [2.75, 3.05) is 41.1 Å². The Morgan fingerprint density at radius 3 is 2.71 bits per heavy atom. The number of ether oxygens (including phenoxy) is 4. The molecule has 0 aromatic carbocycles. The molecule has 6 heteroatoms. The van der Waals surface area contributed by atoms with Gasteiger partial charge in [-0.25, -0.2) is 0 Å². The molecule has 0 saturated carbocycles. The Morgan fingerprint density at radius 2 is 2.10 bits per heavy atom. The molecule has 2 saturated heterocycles. The highest BCUT2D eigenvalue weighted by atomic mass is 16.6. The third-order valence-corrected chi connectivity index (χ3v) is 4.49. The van der Waals surface area contributed by atoms with Crippen molar-refractivity contribution in [3.8, 4) is 0 Å². The topological polar surface area (TPSA) is 57.2 Å². The van der Waals surface area contributed by atoms with Crippen LogP contribution in [0, 0.1) is 0 Å². The highest BCUT2D eigenvalue weighted by Crippen LogP contribution is 2.21. The number of methoxy groups -OCH3 is 2. The molecule has 2 aliphatic rings. The van der Waals surface area contributed by atoms with Crippen molar-refractivity contribution >= 4 is 5.91 Å². The largest absolute Gasteiger partial charge is 0.378 e. The molecule has 0 bridgehead atoms. The fourth-order valence-electron chi connectivity index (χ4n) is 3.10. The second-order valence-electron chi connectivity index (χ2n) is 5.76. The van der Waals surface area contributed by atoms with Crippen LogP contribution in [0.1, 0.15) is 25.7 Å². The molecule has 122 valence electrons. The van der Waals surface area contributed by atoms with E-state index in [1.54, 1.807) is 19.1 Å². The third-order valence-electron chi connectivity index (χ3n) is 4.49. The van der Waals surface area contributed by atoms with Crippen molar-refractivity contribution in [3.05, 3.63) is 0 Å². The van der Waals surface area contributed by atoms with Crippen LogP contribution in [0.4, 0.5) is 0 Å². The summed E-state index contributed by atoms with van der Waals surface area (Å²) in [7, 11) is 5.11. The lowest BCUT2D eigenvalue weighted by molar-refractivity contribution is -0.165. The predicted octanol–water partition coefficient (Wildman–Crippen LogP) is 0.833. The van der Waals surface area contributed by atoms with Gasteiger partial charge >= 0.3 is 0 Å². The van der Waals surface area contributed by atoms with Crippen LogP contribution < -0.4 is 0 Å². The summed E-state index contributed by atoms with van der Waals surface area (Å²) in [6, 6.07) is -0.106. The summed E-state index contributed by atoms with van der Waals surface area (Å²) in [5.41, 5.74) is 0. The van der Waals surface area contributed by atoms with E-state index in [9.17, 15) is 4.79 Å². The number of likely N-dealkylation sites (N-methyl/N-ethyl adjacent to an activating group) is 1. The summed E-state index contributed by atoms with van der Waals surface area (Å²) in [6.45, 7) is 1.82. The maximum atomic E-state index is 12.4. The van der Waals surface area contributed by atoms with E-state index in [-0.39, 0.29) is 30.3 Å². The molecule has 2 rings (SSSR count). The molecule has 2 heterocycles. The van der Waals surface area contributed by atoms with Crippen molar-refractivity contribution in [1.29, 1.82) is 0 Å². The van der Waals surface area contributed by atoms with Crippen LogP contribution in [0.3, 0.4) is 0 Å². The van der Waals surface area contributed by atoms with Crippen LogP contribution in [0.5, 0.6) is 0 Å². The highest BCUT2D eigenvalue weighted by molar-refractivity contribution is 5.76. The minimum atomic E-state index is -0.152. The molecular weight excluding hydrogens is 274 g/mol. The zero-order valence-electron chi connectivity index (χ0n) is 13.2. The number of nitrogens with zero attached hydrogens (tertiary/aromatic N) is 1. The zero-order valence-corrected chi connectivity index (χ0v) is 13.2. The van der Waals surface area contributed by atoms with Gasteiger partial charge in [0.15, 0.2) is 0 Å². The van der Waals surface area contributed by atoms with Gasteiger partial charge in [-0.1, -0.05) is 0 Å². The Labute approximate surface area is 126 Å². The number of amides is 1.